The minimum Gasteiger partial charge on any atom is -0.307 e. The van der Waals surface area contributed by atoms with Crippen molar-refractivity contribution in [2.45, 2.75) is 0 Å². The highest BCUT2D eigenvalue weighted by Crippen LogP contribution is 2.42. The Balaban J connectivity index is 1.99. The summed E-state index contributed by atoms with van der Waals surface area (Å²) < 4.78 is 2.15. The van der Waals surface area contributed by atoms with E-state index in [0.717, 1.165) is 32.9 Å². The van der Waals surface area contributed by atoms with Crippen molar-refractivity contribution in [1.82, 2.24) is 4.57 Å². The smallest absolute Gasteiger partial charge is 0.103 e. The Morgan fingerprint density at radius 2 is 1.16 bits per heavy atom. The highest BCUT2D eigenvalue weighted by Gasteiger charge is 2.20. The third-order valence-corrected chi connectivity index (χ3v) is 6.06. The number of nitriles is 2. The number of aromatic nitrogens is 1. The van der Waals surface area contributed by atoms with Crippen LogP contribution in [0.25, 0.3) is 49.0 Å². The minimum atomic E-state index is 0.385. The van der Waals surface area contributed by atoms with Crippen LogP contribution in [0.3, 0.4) is 0 Å². The Morgan fingerprint density at radius 3 is 1.87 bits per heavy atom. The van der Waals surface area contributed by atoms with Crippen molar-refractivity contribution in [3.8, 4) is 17.8 Å². The van der Waals surface area contributed by atoms with Crippen molar-refractivity contribution < 1.29 is 0 Å². The van der Waals surface area contributed by atoms with Gasteiger partial charge in [0.15, 0.2) is 0 Å². The summed E-state index contributed by atoms with van der Waals surface area (Å²) in [7, 11) is 0. The Bertz CT molecular complexity index is 1760. The first-order valence-electron chi connectivity index (χ1n) is 10.1. The highest BCUT2D eigenvalue weighted by molar-refractivity contribution is 6.32. The van der Waals surface area contributed by atoms with Crippen LogP contribution in [0.2, 0.25) is 0 Å². The van der Waals surface area contributed by atoms with Crippen LogP contribution in [0.4, 0.5) is 0 Å². The van der Waals surface area contributed by atoms with Gasteiger partial charge in [0, 0.05) is 16.2 Å². The van der Waals surface area contributed by atoms with E-state index in [1.54, 1.807) is 6.07 Å². The standard InChI is InChI=1S/C28H15N3/c29-16-18-8-7-15-26(24(18)17-30)31-25-14-6-5-13-23(25)27-21-11-3-1-9-19(21)20-10-2-4-12-22(20)28(27)31/h1-15H. The van der Waals surface area contributed by atoms with Gasteiger partial charge in [0.2, 0.25) is 0 Å². The molecule has 0 aliphatic heterocycles. The van der Waals surface area contributed by atoms with Crippen molar-refractivity contribution in [2.75, 3.05) is 0 Å². The van der Waals surface area contributed by atoms with Gasteiger partial charge in [-0.05, 0) is 34.4 Å². The van der Waals surface area contributed by atoms with E-state index in [2.05, 4.69) is 77.4 Å². The first-order valence-corrected chi connectivity index (χ1v) is 10.1. The van der Waals surface area contributed by atoms with E-state index >= 15 is 0 Å². The van der Waals surface area contributed by atoms with Crippen LogP contribution in [-0.4, -0.2) is 4.57 Å². The van der Waals surface area contributed by atoms with Gasteiger partial charge in [0.05, 0.1) is 27.8 Å². The minimum absolute atomic E-state index is 0.385. The Labute approximate surface area is 178 Å². The maximum atomic E-state index is 9.94. The van der Waals surface area contributed by atoms with Crippen molar-refractivity contribution in [3.63, 3.8) is 0 Å². The molecule has 3 heteroatoms. The molecule has 0 aliphatic carbocycles. The highest BCUT2D eigenvalue weighted by atomic mass is 15.0. The second-order valence-electron chi connectivity index (χ2n) is 7.59. The van der Waals surface area contributed by atoms with Gasteiger partial charge in [-0.15, -0.1) is 0 Å². The zero-order chi connectivity index (χ0) is 20.9. The van der Waals surface area contributed by atoms with Crippen LogP contribution in [-0.2, 0) is 0 Å². The molecule has 0 fully saturated rings. The van der Waals surface area contributed by atoms with E-state index in [4.69, 9.17) is 0 Å². The van der Waals surface area contributed by atoms with Crippen LogP contribution in [0.1, 0.15) is 11.1 Å². The van der Waals surface area contributed by atoms with Crippen molar-refractivity contribution >= 4 is 43.4 Å². The summed E-state index contributed by atoms with van der Waals surface area (Å²) in [5, 5.41) is 26.5. The summed E-state index contributed by atoms with van der Waals surface area (Å²) in [6.45, 7) is 0. The normalized spacial score (nSPS) is 11.2. The Hall–Kier alpha value is -4.60. The number of hydrogen-bond acceptors (Lipinski definition) is 2. The zero-order valence-electron chi connectivity index (χ0n) is 16.5. The average Bonchev–Trinajstić information content (AvgIpc) is 3.19. The van der Waals surface area contributed by atoms with Gasteiger partial charge in [0.25, 0.3) is 0 Å². The van der Waals surface area contributed by atoms with E-state index < -0.39 is 0 Å². The van der Waals surface area contributed by atoms with Crippen LogP contribution in [0.15, 0.2) is 91.0 Å². The largest absolute Gasteiger partial charge is 0.307 e. The molecule has 0 amide bonds. The van der Waals surface area contributed by atoms with Crippen LogP contribution >= 0.6 is 0 Å². The molecule has 1 heterocycles. The number of nitrogens with zero attached hydrogens (tertiary/aromatic N) is 3. The van der Waals surface area contributed by atoms with Gasteiger partial charge in [-0.2, -0.15) is 10.5 Å². The maximum Gasteiger partial charge on any atom is 0.103 e. The predicted molar refractivity (Wildman–Crippen MR) is 125 cm³/mol. The molecule has 0 unspecified atom stereocenters. The third kappa shape index (κ3) is 2.26. The molecular weight excluding hydrogens is 378 g/mol. The molecule has 142 valence electrons. The van der Waals surface area contributed by atoms with Crippen LogP contribution in [0.5, 0.6) is 0 Å². The zero-order valence-corrected chi connectivity index (χ0v) is 16.5. The Morgan fingerprint density at radius 1 is 0.548 bits per heavy atom. The SMILES string of the molecule is N#Cc1cccc(-n2c3ccccc3c3c4ccccc4c4ccccc4c32)c1C#N. The van der Waals surface area contributed by atoms with Crippen molar-refractivity contribution in [1.29, 1.82) is 10.5 Å². The predicted octanol–water partition coefficient (Wildman–Crippen LogP) is 6.83. The third-order valence-electron chi connectivity index (χ3n) is 6.06. The van der Waals surface area contributed by atoms with Crippen LogP contribution in [0, 0.1) is 22.7 Å². The summed E-state index contributed by atoms with van der Waals surface area (Å²) >= 11 is 0. The van der Waals surface area contributed by atoms with Gasteiger partial charge in [-0.1, -0.05) is 72.8 Å². The average molecular weight is 393 g/mol. The van der Waals surface area contributed by atoms with Gasteiger partial charge < -0.3 is 4.57 Å². The maximum absolute atomic E-state index is 9.94. The van der Waals surface area contributed by atoms with Gasteiger partial charge >= 0.3 is 0 Å². The molecule has 0 N–H and O–H groups in total. The number of benzene rings is 5. The first-order chi connectivity index (χ1) is 15.3. The molecule has 0 saturated carbocycles. The molecule has 6 aromatic rings. The summed E-state index contributed by atoms with van der Waals surface area (Å²) in [6.07, 6.45) is 0. The number of fused-ring (bicyclic) bond motifs is 8. The second-order valence-corrected chi connectivity index (χ2v) is 7.59. The molecule has 0 atom stereocenters. The molecule has 0 saturated heterocycles. The molecule has 31 heavy (non-hydrogen) atoms. The first kappa shape index (κ1) is 17.3. The van der Waals surface area contributed by atoms with E-state index in [-0.39, 0.29) is 0 Å². The van der Waals surface area contributed by atoms with E-state index in [1.807, 2.05) is 24.3 Å². The van der Waals surface area contributed by atoms with Crippen molar-refractivity contribution in [3.05, 3.63) is 102 Å². The monoisotopic (exact) mass is 393 g/mol. The molecule has 5 aromatic carbocycles. The van der Waals surface area contributed by atoms with E-state index in [9.17, 15) is 10.5 Å². The summed E-state index contributed by atoms with van der Waals surface area (Å²) in [5.74, 6) is 0. The van der Waals surface area contributed by atoms with Gasteiger partial charge in [-0.25, -0.2) is 0 Å². The fraction of sp³-hybridized carbons (Fsp3) is 0. The Kier molecular flexibility index (Phi) is 3.60. The summed E-state index contributed by atoms with van der Waals surface area (Å²) in [5.41, 5.74) is 3.58. The van der Waals surface area contributed by atoms with E-state index in [1.165, 1.54) is 16.2 Å². The van der Waals surface area contributed by atoms with Gasteiger partial charge in [-0.3, -0.25) is 0 Å². The van der Waals surface area contributed by atoms with Crippen molar-refractivity contribution in [2.24, 2.45) is 0 Å². The number of rotatable bonds is 1. The number of para-hydroxylation sites is 1. The topological polar surface area (TPSA) is 52.5 Å². The molecule has 1 aromatic heterocycles. The molecule has 3 nitrogen and oxygen atoms in total. The number of hydrogen-bond donors (Lipinski definition) is 0. The quantitative estimate of drug-likeness (QED) is 0.287. The molecule has 6 rings (SSSR count). The lowest BCUT2D eigenvalue weighted by atomic mass is 9.97. The summed E-state index contributed by atoms with van der Waals surface area (Å²) in [6, 6.07) is 35.1. The lowest BCUT2D eigenvalue weighted by Crippen LogP contribution is -2.00. The van der Waals surface area contributed by atoms with Crippen LogP contribution < -0.4 is 0 Å². The molecule has 0 aliphatic rings. The lowest BCUT2D eigenvalue weighted by molar-refractivity contribution is 1.17. The summed E-state index contributed by atoms with van der Waals surface area (Å²) in [4.78, 5) is 0. The fourth-order valence-electron chi connectivity index (χ4n) is 4.82. The van der Waals surface area contributed by atoms with Gasteiger partial charge in [0.1, 0.15) is 12.1 Å². The molecule has 0 radical (unpaired) electrons. The second kappa shape index (κ2) is 6.46. The lowest BCUT2D eigenvalue weighted by Gasteiger charge is -2.13. The molecular formula is C28H15N3. The van der Waals surface area contributed by atoms with E-state index in [0.29, 0.717) is 11.1 Å². The molecule has 0 bridgehead atoms. The molecule has 0 spiro atoms. The fourth-order valence-corrected chi connectivity index (χ4v) is 4.82.